The van der Waals surface area contributed by atoms with Crippen LogP contribution in [-0.2, 0) is 0 Å². The maximum atomic E-state index is 12.5. The average Bonchev–Trinajstić information content (AvgIpc) is 2.73. The van der Waals surface area contributed by atoms with Gasteiger partial charge in [-0.25, -0.2) is 9.97 Å². The van der Waals surface area contributed by atoms with Crippen molar-refractivity contribution in [2.24, 2.45) is 0 Å². The van der Waals surface area contributed by atoms with Gasteiger partial charge >= 0.3 is 0 Å². The van der Waals surface area contributed by atoms with Crippen molar-refractivity contribution in [3.8, 4) is 28.5 Å². The van der Waals surface area contributed by atoms with Gasteiger partial charge in [-0.2, -0.15) is 5.26 Å². The quantitative estimate of drug-likeness (QED) is 0.562. The molecule has 0 amide bonds. The smallest absolute Gasteiger partial charge is 0.191 e. The van der Waals surface area contributed by atoms with Gasteiger partial charge in [0.2, 0.25) is 0 Å². The van der Waals surface area contributed by atoms with Gasteiger partial charge in [0.1, 0.15) is 11.5 Å². The van der Waals surface area contributed by atoms with Crippen LogP contribution in [0, 0.1) is 25.2 Å². The van der Waals surface area contributed by atoms with Gasteiger partial charge in [0, 0.05) is 43.2 Å². The van der Waals surface area contributed by atoms with E-state index in [1.165, 1.54) is 6.07 Å². The Morgan fingerprint density at radius 2 is 1.83 bits per heavy atom. The van der Waals surface area contributed by atoms with Gasteiger partial charge in [-0.05, 0) is 49.2 Å². The van der Waals surface area contributed by atoms with Crippen molar-refractivity contribution in [2.75, 3.05) is 19.0 Å². The minimum atomic E-state index is -0.0924. The molecule has 0 saturated carbocycles. The highest BCUT2D eigenvalue weighted by molar-refractivity contribution is 5.91. The molecule has 4 aromatic rings. The summed E-state index contributed by atoms with van der Waals surface area (Å²) in [5.74, 6) is 0.820. The molecule has 30 heavy (non-hydrogen) atoms. The highest BCUT2D eigenvalue weighted by Gasteiger charge is 2.17. The molecule has 6 heteroatoms. The van der Waals surface area contributed by atoms with Crippen molar-refractivity contribution in [1.82, 2.24) is 15.0 Å². The lowest BCUT2D eigenvalue weighted by Gasteiger charge is -2.17. The van der Waals surface area contributed by atoms with Crippen LogP contribution in [0.1, 0.15) is 16.8 Å². The first-order valence-corrected chi connectivity index (χ1v) is 9.58. The van der Waals surface area contributed by atoms with Gasteiger partial charge in [0.05, 0.1) is 22.7 Å². The number of aryl methyl sites for hydroxylation is 1. The van der Waals surface area contributed by atoms with Crippen molar-refractivity contribution in [3.05, 3.63) is 75.7 Å². The summed E-state index contributed by atoms with van der Waals surface area (Å²) < 4.78 is 0. The number of fused-ring (bicyclic) bond motifs is 1. The topological polar surface area (TPSA) is 85.7 Å². The monoisotopic (exact) mass is 395 g/mol. The third-order valence-electron chi connectivity index (χ3n) is 5.16. The number of hydrogen-bond donors (Lipinski definition) is 1. The molecule has 0 fully saturated rings. The summed E-state index contributed by atoms with van der Waals surface area (Å²) in [6.07, 6.45) is 1.60. The summed E-state index contributed by atoms with van der Waals surface area (Å²) in [5, 5.41) is 10.0. The van der Waals surface area contributed by atoms with E-state index in [0.29, 0.717) is 22.3 Å². The van der Waals surface area contributed by atoms with Crippen LogP contribution in [0.2, 0.25) is 0 Å². The molecule has 4 rings (SSSR count). The maximum absolute atomic E-state index is 12.5. The van der Waals surface area contributed by atoms with Gasteiger partial charge in [0.25, 0.3) is 0 Å². The fourth-order valence-corrected chi connectivity index (χ4v) is 3.57. The molecule has 6 nitrogen and oxygen atoms in total. The Bertz CT molecular complexity index is 1380. The van der Waals surface area contributed by atoms with E-state index in [1.54, 1.807) is 12.3 Å². The number of nitrogens with one attached hydrogen (secondary N) is 1. The highest BCUT2D eigenvalue weighted by atomic mass is 16.1. The number of rotatable bonds is 3. The Morgan fingerprint density at radius 3 is 2.57 bits per heavy atom. The lowest BCUT2D eigenvalue weighted by molar-refractivity contribution is 1.05. The number of nitriles is 1. The van der Waals surface area contributed by atoms with Crippen molar-refractivity contribution in [3.63, 3.8) is 0 Å². The summed E-state index contributed by atoms with van der Waals surface area (Å²) in [5.41, 5.74) is 6.06. The Labute approximate surface area is 174 Å². The number of anilines is 1. The molecule has 3 heterocycles. The predicted octanol–water partition coefficient (Wildman–Crippen LogP) is 4.21. The summed E-state index contributed by atoms with van der Waals surface area (Å²) in [6.45, 7) is 3.86. The molecule has 0 atom stereocenters. The number of aromatic nitrogens is 3. The SMILES string of the molecule is Cc1cc(-c2cc3c(=O)cc[nH]c3nc2-c2cccc(C#N)c2C)cc(N(C)C)n1. The number of benzene rings is 1. The second-order valence-electron chi connectivity index (χ2n) is 7.46. The van der Waals surface area contributed by atoms with Gasteiger partial charge < -0.3 is 9.88 Å². The van der Waals surface area contributed by atoms with E-state index in [9.17, 15) is 10.1 Å². The molecule has 0 bridgehead atoms. The van der Waals surface area contributed by atoms with E-state index in [-0.39, 0.29) is 5.43 Å². The molecule has 0 radical (unpaired) electrons. The fourth-order valence-electron chi connectivity index (χ4n) is 3.57. The lowest BCUT2D eigenvalue weighted by Crippen LogP contribution is -2.11. The Hall–Kier alpha value is -3.98. The molecule has 1 N–H and O–H groups in total. The van der Waals surface area contributed by atoms with Gasteiger partial charge in [0.15, 0.2) is 5.43 Å². The van der Waals surface area contributed by atoms with Crippen molar-refractivity contribution in [2.45, 2.75) is 13.8 Å². The zero-order valence-electron chi connectivity index (χ0n) is 17.3. The van der Waals surface area contributed by atoms with Crippen LogP contribution in [-0.4, -0.2) is 29.0 Å². The van der Waals surface area contributed by atoms with Gasteiger partial charge in [-0.3, -0.25) is 4.79 Å². The van der Waals surface area contributed by atoms with Crippen molar-refractivity contribution in [1.29, 1.82) is 5.26 Å². The third kappa shape index (κ3) is 3.31. The summed E-state index contributed by atoms with van der Waals surface area (Å²) in [6, 6.07) is 15.2. The first kappa shape index (κ1) is 19.3. The molecule has 0 spiro atoms. The fraction of sp³-hybridized carbons (Fsp3) is 0.167. The average molecular weight is 395 g/mol. The van der Waals surface area contributed by atoms with E-state index >= 15 is 0 Å². The third-order valence-corrected chi connectivity index (χ3v) is 5.16. The number of H-pyrrole nitrogens is 1. The zero-order valence-corrected chi connectivity index (χ0v) is 17.3. The molecule has 0 unspecified atom stereocenters. The van der Waals surface area contributed by atoms with E-state index in [0.717, 1.165) is 33.8 Å². The number of aromatic amines is 1. The molecule has 0 aliphatic rings. The first-order chi connectivity index (χ1) is 14.4. The van der Waals surface area contributed by atoms with Crippen LogP contribution in [0.4, 0.5) is 5.82 Å². The Balaban J connectivity index is 2.11. The highest BCUT2D eigenvalue weighted by Crippen LogP contribution is 2.36. The largest absolute Gasteiger partial charge is 0.363 e. The van der Waals surface area contributed by atoms with Crippen LogP contribution in [0.15, 0.2) is 53.5 Å². The van der Waals surface area contributed by atoms with Gasteiger partial charge in [-0.15, -0.1) is 0 Å². The summed E-state index contributed by atoms with van der Waals surface area (Å²) in [7, 11) is 3.88. The van der Waals surface area contributed by atoms with E-state index in [2.05, 4.69) is 16.0 Å². The predicted molar refractivity (Wildman–Crippen MR) is 120 cm³/mol. The molecular formula is C24H21N5O. The van der Waals surface area contributed by atoms with Crippen LogP contribution >= 0.6 is 0 Å². The Kier molecular flexibility index (Phi) is 4.80. The summed E-state index contributed by atoms with van der Waals surface area (Å²) >= 11 is 0. The van der Waals surface area contributed by atoms with E-state index < -0.39 is 0 Å². The maximum Gasteiger partial charge on any atom is 0.191 e. The second-order valence-corrected chi connectivity index (χ2v) is 7.46. The van der Waals surface area contributed by atoms with Crippen LogP contribution in [0.25, 0.3) is 33.4 Å². The van der Waals surface area contributed by atoms with Crippen LogP contribution in [0.5, 0.6) is 0 Å². The summed E-state index contributed by atoms with van der Waals surface area (Å²) in [4.78, 5) is 26.9. The minimum Gasteiger partial charge on any atom is -0.363 e. The lowest BCUT2D eigenvalue weighted by atomic mass is 9.93. The second kappa shape index (κ2) is 7.45. The van der Waals surface area contributed by atoms with E-state index in [4.69, 9.17) is 4.98 Å². The number of nitrogens with zero attached hydrogens (tertiary/aromatic N) is 4. The number of pyridine rings is 3. The number of hydrogen-bond acceptors (Lipinski definition) is 5. The zero-order chi connectivity index (χ0) is 21.4. The van der Waals surface area contributed by atoms with E-state index in [1.807, 2.05) is 63.2 Å². The van der Waals surface area contributed by atoms with Crippen LogP contribution in [0.3, 0.4) is 0 Å². The first-order valence-electron chi connectivity index (χ1n) is 9.58. The molecule has 0 saturated heterocycles. The normalized spacial score (nSPS) is 10.8. The Morgan fingerprint density at radius 1 is 1.03 bits per heavy atom. The molecular weight excluding hydrogens is 374 g/mol. The van der Waals surface area contributed by atoms with Gasteiger partial charge in [-0.1, -0.05) is 12.1 Å². The van der Waals surface area contributed by atoms with Crippen molar-refractivity contribution < 1.29 is 0 Å². The molecule has 3 aromatic heterocycles. The van der Waals surface area contributed by atoms with Crippen LogP contribution < -0.4 is 10.3 Å². The van der Waals surface area contributed by atoms with Crippen molar-refractivity contribution >= 4 is 16.9 Å². The standard InChI is InChI=1S/C24H21N5O/c1-14-10-17(11-22(27-14)29(3)4)19-12-20-21(30)8-9-26-24(20)28-23(19)18-7-5-6-16(13-25)15(18)2/h5-12H,1-4H3,(H,26,28,30). The minimum absolute atomic E-state index is 0.0924. The molecule has 148 valence electrons. The molecule has 1 aromatic carbocycles. The molecule has 0 aliphatic heterocycles. The molecule has 0 aliphatic carbocycles.